The highest BCUT2D eigenvalue weighted by Gasteiger charge is 2.56. The fourth-order valence-corrected chi connectivity index (χ4v) is 3.68. The summed E-state index contributed by atoms with van der Waals surface area (Å²) in [6.45, 7) is 1.53. The molecule has 1 saturated heterocycles. The molecule has 0 aromatic carbocycles. The summed E-state index contributed by atoms with van der Waals surface area (Å²) in [6, 6.07) is 0. The van der Waals surface area contributed by atoms with E-state index >= 15 is 0 Å². The smallest absolute Gasteiger partial charge is 0.355 e. The SMILES string of the molecule is Cc1cn(C2=C(C(=O)O)N3C(=O)[C@H](CO)[C@H]3S2)cn1. The number of rotatable bonds is 3. The molecule has 1 fully saturated rings. The number of nitrogens with zero attached hydrogens (tertiary/aromatic N) is 3. The number of amides is 1. The summed E-state index contributed by atoms with van der Waals surface area (Å²) in [6.07, 6.45) is 3.22. The van der Waals surface area contributed by atoms with E-state index in [0.29, 0.717) is 5.03 Å². The first kappa shape index (κ1) is 12.2. The zero-order valence-corrected chi connectivity index (χ0v) is 10.8. The van der Waals surface area contributed by atoms with E-state index in [1.165, 1.54) is 23.0 Å². The number of aliphatic hydroxyl groups is 1. The standard InChI is InChI=1S/C11H11N3O4S/c1-5-2-13(4-12-5)10-7(11(17)18)14-8(16)6(3-15)9(14)19-10/h2,4,6,9,15H,3H2,1H3,(H,17,18)/t6-,9+/m0/s1. The highest BCUT2D eigenvalue weighted by Crippen LogP contribution is 2.50. The number of hydrogen-bond donors (Lipinski definition) is 2. The highest BCUT2D eigenvalue weighted by atomic mass is 32.2. The second-order valence-electron chi connectivity index (χ2n) is 4.39. The van der Waals surface area contributed by atoms with Crippen LogP contribution in [0.15, 0.2) is 18.2 Å². The Morgan fingerprint density at radius 3 is 2.84 bits per heavy atom. The number of aryl methyl sites for hydroxylation is 1. The van der Waals surface area contributed by atoms with Crippen LogP contribution in [-0.4, -0.2) is 48.5 Å². The summed E-state index contributed by atoms with van der Waals surface area (Å²) in [5.74, 6) is -2.02. The average Bonchev–Trinajstić information content (AvgIpc) is 2.91. The zero-order valence-electron chi connectivity index (χ0n) is 9.98. The Kier molecular flexibility index (Phi) is 2.64. The molecular weight excluding hydrogens is 270 g/mol. The fourth-order valence-electron chi connectivity index (χ4n) is 2.25. The molecule has 0 spiro atoms. The van der Waals surface area contributed by atoms with Crippen LogP contribution in [0.3, 0.4) is 0 Å². The van der Waals surface area contributed by atoms with Gasteiger partial charge in [-0.3, -0.25) is 14.3 Å². The molecule has 2 atom stereocenters. The quantitative estimate of drug-likeness (QED) is 0.753. The number of imidazole rings is 1. The monoisotopic (exact) mass is 281 g/mol. The third-order valence-electron chi connectivity index (χ3n) is 3.17. The summed E-state index contributed by atoms with van der Waals surface area (Å²) in [4.78, 5) is 28.5. The first-order valence-electron chi connectivity index (χ1n) is 5.63. The Hall–Kier alpha value is -1.80. The van der Waals surface area contributed by atoms with Crippen molar-refractivity contribution in [2.24, 2.45) is 5.92 Å². The lowest BCUT2D eigenvalue weighted by molar-refractivity contribution is -0.153. The van der Waals surface area contributed by atoms with E-state index in [9.17, 15) is 14.7 Å². The molecule has 1 aromatic heterocycles. The second-order valence-corrected chi connectivity index (χ2v) is 5.49. The van der Waals surface area contributed by atoms with Gasteiger partial charge in [-0.15, -0.1) is 0 Å². The van der Waals surface area contributed by atoms with E-state index in [4.69, 9.17) is 5.11 Å². The highest BCUT2D eigenvalue weighted by molar-refractivity contribution is 8.08. The van der Waals surface area contributed by atoms with Crippen LogP contribution in [0.5, 0.6) is 0 Å². The first-order chi connectivity index (χ1) is 9.04. The predicted molar refractivity (Wildman–Crippen MR) is 66.6 cm³/mol. The number of carbonyl (C=O) groups excluding carboxylic acids is 1. The Labute approximate surface area is 112 Å². The van der Waals surface area contributed by atoms with Gasteiger partial charge in [0, 0.05) is 6.20 Å². The molecule has 19 heavy (non-hydrogen) atoms. The molecule has 8 heteroatoms. The summed E-state index contributed by atoms with van der Waals surface area (Å²) >= 11 is 1.27. The largest absolute Gasteiger partial charge is 0.476 e. The number of aliphatic hydroxyl groups excluding tert-OH is 1. The van der Waals surface area contributed by atoms with Crippen molar-refractivity contribution in [3.8, 4) is 0 Å². The second kappa shape index (κ2) is 4.10. The Bertz CT molecular complexity index is 609. The number of aromatic nitrogens is 2. The maximum atomic E-state index is 11.8. The van der Waals surface area contributed by atoms with Gasteiger partial charge in [-0.1, -0.05) is 11.8 Å². The summed E-state index contributed by atoms with van der Waals surface area (Å²) in [7, 11) is 0. The molecule has 2 N–H and O–H groups in total. The minimum atomic E-state index is -1.15. The van der Waals surface area contributed by atoms with Crippen LogP contribution in [0.2, 0.25) is 0 Å². The molecule has 3 heterocycles. The van der Waals surface area contributed by atoms with E-state index in [1.54, 1.807) is 17.7 Å². The van der Waals surface area contributed by atoms with Crippen molar-refractivity contribution >= 4 is 28.7 Å². The number of hydrogen-bond acceptors (Lipinski definition) is 5. The van der Waals surface area contributed by atoms with Crippen molar-refractivity contribution in [3.05, 3.63) is 23.9 Å². The van der Waals surface area contributed by atoms with E-state index in [1.807, 2.05) is 0 Å². The summed E-state index contributed by atoms with van der Waals surface area (Å²) in [5, 5.41) is 18.6. The van der Waals surface area contributed by atoms with E-state index in [0.717, 1.165) is 5.69 Å². The van der Waals surface area contributed by atoms with Gasteiger partial charge in [0.15, 0.2) is 5.70 Å². The number of thioether (sulfide) groups is 1. The van der Waals surface area contributed by atoms with Crippen LogP contribution in [0.25, 0.3) is 5.03 Å². The first-order valence-corrected chi connectivity index (χ1v) is 6.51. The maximum absolute atomic E-state index is 11.8. The Morgan fingerprint density at radius 2 is 2.32 bits per heavy atom. The van der Waals surface area contributed by atoms with Gasteiger partial charge < -0.3 is 10.2 Å². The van der Waals surface area contributed by atoms with Crippen molar-refractivity contribution in [1.29, 1.82) is 0 Å². The number of β-lactam (4-membered cyclic amide) rings is 1. The Balaban J connectivity index is 2.04. The number of carbonyl (C=O) groups is 2. The third-order valence-corrected chi connectivity index (χ3v) is 4.58. The van der Waals surface area contributed by atoms with Crippen molar-refractivity contribution in [2.45, 2.75) is 12.3 Å². The zero-order chi connectivity index (χ0) is 13.7. The molecule has 0 aliphatic carbocycles. The van der Waals surface area contributed by atoms with Gasteiger partial charge in [-0.2, -0.15) is 0 Å². The van der Waals surface area contributed by atoms with Gasteiger partial charge in [0.2, 0.25) is 5.91 Å². The lowest BCUT2D eigenvalue weighted by Crippen LogP contribution is -2.58. The van der Waals surface area contributed by atoms with Crippen LogP contribution in [0.1, 0.15) is 5.69 Å². The summed E-state index contributed by atoms with van der Waals surface area (Å²) < 4.78 is 1.60. The van der Waals surface area contributed by atoms with Crippen LogP contribution in [0, 0.1) is 12.8 Å². The van der Waals surface area contributed by atoms with Crippen molar-refractivity contribution in [1.82, 2.24) is 14.5 Å². The van der Waals surface area contributed by atoms with Crippen LogP contribution in [-0.2, 0) is 9.59 Å². The van der Waals surface area contributed by atoms with Crippen LogP contribution < -0.4 is 0 Å². The predicted octanol–water partition coefficient (Wildman–Crippen LogP) is -0.0742. The Morgan fingerprint density at radius 1 is 1.58 bits per heavy atom. The normalized spacial score (nSPS) is 25.6. The van der Waals surface area contributed by atoms with Gasteiger partial charge in [0.1, 0.15) is 10.4 Å². The van der Waals surface area contributed by atoms with Gasteiger partial charge in [0.25, 0.3) is 0 Å². The molecule has 0 saturated carbocycles. The molecule has 3 rings (SSSR count). The number of fused-ring (bicyclic) bond motifs is 1. The molecule has 2 aliphatic heterocycles. The molecule has 1 aromatic rings. The van der Waals surface area contributed by atoms with E-state index in [-0.39, 0.29) is 23.6 Å². The topological polar surface area (TPSA) is 95.7 Å². The molecule has 0 radical (unpaired) electrons. The molecule has 1 amide bonds. The molecule has 7 nitrogen and oxygen atoms in total. The van der Waals surface area contributed by atoms with Crippen molar-refractivity contribution in [3.63, 3.8) is 0 Å². The van der Waals surface area contributed by atoms with Crippen molar-refractivity contribution in [2.75, 3.05) is 6.61 Å². The number of carboxylic acids is 1. The van der Waals surface area contributed by atoms with Crippen LogP contribution in [0.4, 0.5) is 0 Å². The molecule has 0 unspecified atom stereocenters. The number of carboxylic acid groups (broad SMARTS) is 1. The molecule has 100 valence electrons. The third kappa shape index (κ3) is 1.60. The van der Waals surface area contributed by atoms with Crippen molar-refractivity contribution < 1.29 is 19.8 Å². The molecule has 2 aliphatic rings. The van der Waals surface area contributed by atoms with E-state index in [2.05, 4.69) is 4.98 Å². The van der Waals surface area contributed by atoms with Gasteiger partial charge >= 0.3 is 5.97 Å². The minimum Gasteiger partial charge on any atom is -0.476 e. The van der Waals surface area contributed by atoms with Gasteiger partial charge in [-0.25, -0.2) is 9.78 Å². The lowest BCUT2D eigenvalue weighted by Gasteiger charge is -2.40. The lowest BCUT2D eigenvalue weighted by atomic mass is 9.98. The van der Waals surface area contributed by atoms with E-state index < -0.39 is 11.9 Å². The average molecular weight is 281 g/mol. The maximum Gasteiger partial charge on any atom is 0.355 e. The molecule has 0 bridgehead atoms. The minimum absolute atomic E-state index is 0.0397. The summed E-state index contributed by atoms with van der Waals surface area (Å²) in [5.41, 5.74) is 0.722. The fraction of sp³-hybridized carbons (Fsp3) is 0.364. The van der Waals surface area contributed by atoms with Crippen LogP contribution >= 0.6 is 11.8 Å². The van der Waals surface area contributed by atoms with Gasteiger partial charge in [0.05, 0.1) is 24.5 Å². The van der Waals surface area contributed by atoms with Gasteiger partial charge in [-0.05, 0) is 6.92 Å². The number of aliphatic carboxylic acids is 1. The molecular formula is C11H11N3O4S.